The molecule has 0 saturated heterocycles. The summed E-state index contributed by atoms with van der Waals surface area (Å²) in [5.74, 6) is -1.95. The minimum Gasteiger partial charge on any atom is -0.352 e. The van der Waals surface area contributed by atoms with Gasteiger partial charge in [0.25, 0.3) is 0 Å². The number of carbonyl (C=O) groups excluding carboxylic acids is 5. The molecule has 0 saturated carbocycles. The van der Waals surface area contributed by atoms with E-state index in [0.717, 1.165) is 18.4 Å². The third-order valence-corrected chi connectivity index (χ3v) is 9.00. The molecule has 0 radical (unpaired) electrons. The number of carbonyl (C=O) groups is 5. The largest absolute Gasteiger partial charge is 0.352 e. The van der Waals surface area contributed by atoms with Crippen molar-refractivity contribution in [1.29, 1.82) is 0 Å². The van der Waals surface area contributed by atoms with Crippen molar-refractivity contribution in [3.8, 4) is 0 Å². The molecule has 5 amide bonds. The SMILES string of the molecule is CCC(CC)NC(=O)[C@@H](NC(=O)C[C@H](N)[C@H](Cc1ccccc1)NC(=O)[C@@H](NC(=O)[C@H](CC(C)C)NC(=O)CC(C)(C)C)C(C)C)[C@@H](C)CC. The first-order valence-electron chi connectivity index (χ1n) is 18.6. The van der Waals surface area contributed by atoms with Crippen molar-refractivity contribution >= 4 is 29.5 Å². The molecule has 0 aromatic heterocycles. The van der Waals surface area contributed by atoms with E-state index in [2.05, 4.69) is 26.6 Å². The predicted molar refractivity (Wildman–Crippen MR) is 201 cm³/mol. The average molecular weight is 701 g/mol. The lowest BCUT2D eigenvalue weighted by atomic mass is 9.91. The Morgan fingerprint density at radius 1 is 0.700 bits per heavy atom. The molecule has 0 bridgehead atoms. The van der Waals surface area contributed by atoms with E-state index >= 15 is 0 Å². The second kappa shape index (κ2) is 21.7. The summed E-state index contributed by atoms with van der Waals surface area (Å²) >= 11 is 0. The molecular weight excluding hydrogens is 632 g/mol. The second-order valence-corrected chi connectivity index (χ2v) is 15.8. The summed E-state index contributed by atoms with van der Waals surface area (Å²) in [5.41, 5.74) is 7.34. The van der Waals surface area contributed by atoms with Gasteiger partial charge >= 0.3 is 0 Å². The number of rotatable bonds is 21. The van der Waals surface area contributed by atoms with E-state index in [1.807, 2.05) is 106 Å². The van der Waals surface area contributed by atoms with Crippen molar-refractivity contribution in [2.24, 2.45) is 28.9 Å². The molecule has 1 aromatic rings. The number of hydrogen-bond donors (Lipinski definition) is 6. The zero-order chi connectivity index (χ0) is 38.2. The van der Waals surface area contributed by atoms with Gasteiger partial charge in [-0.3, -0.25) is 24.0 Å². The zero-order valence-corrected chi connectivity index (χ0v) is 32.7. The van der Waals surface area contributed by atoms with E-state index in [0.29, 0.717) is 19.3 Å². The van der Waals surface area contributed by atoms with E-state index in [9.17, 15) is 24.0 Å². The van der Waals surface area contributed by atoms with E-state index in [-0.39, 0.29) is 59.8 Å². The van der Waals surface area contributed by atoms with Gasteiger partial charge < -0.3 is 32.3 Å². The van der Waals surface area contributed by atoms with Crippen LogP contribution in [0.3, 0.4) is 0 Å². The molecule has 1 aromatic carbocycles. The van der Waals surface area contributed by atoms with Crippen molar-refractivity contribution < 1.29 is 24.0 Å². The monoisotopic (exact) mass is 701 g/mol. The van der Waals surface area contributed by atoms with Gasteiger partial charge in [-0.2, -0.15) is 0 Å². The van der Waals surface area contributed by atoms with Crippen LogP contribution in [0.2, 0.25) is 0 Å². The fourth-order valence-electron chi connectivity index (χ4n) is 5.74. The van der Waals surface area contributed by atoms with E-state index < -0.39 is 42.0 Å². The first-order chi connectivity index (χ1) is 23.3. The average Bonchev–Trinajstić information content (AvgIpc) is 3.02. The van der Waals surface area contributed by atoms with Crippen molar-refractivity contribution in [1.82, 2.24) is 26.6 Å². The summed E-state index contributed by atoms with van der Waals surface area (Å²) in [7, 11) is 0. The molecule has 284 valence electrons. The highest BCUT2D eigenvalue weighted by Gasteiger charge is 2.33. The van der Waals surface area contributed by atoms with Crippen LogP contribution in [-0.2, 0) is 30.4 Å². The molecule has 0 fully saturated rings. The Morgan fingerprint density at radius 3 is 1.78 bits per heavy atom. The molecule has 11 nitrogen and oxygen atoms in total. The number of hydrogen-bond acceptors (Lipinski definition) is 6. The highest BCUT2D eigenvalue weighted by Crippen LogP contribution is 2.19. The molecule has 0 unspecified atom stereocenters. The normalized spacial score (nSPS) is 15.4. The summed E-state index contributed by atoms with van der Waals surface area (Å²) < 4.78 is 0. The van der Waals surface area contributed by atoms with Crippen LogP contribution in [-0.4, -0.2) is 65.8 Å². The lowest BCUT2D eigenvalue weighted by molar-refractivity contribution is -0.134. The van der Waals surface area contributed by atoms with Crippen molar-refractivity contribution in [3.05, 3.63) is 35.9 Å². The Bertz CT molecular complexity index is 1210. The highest BCUT2D eigenvalue weighted by atomic mass is 16.2. The fraction of sp³-hybridized carbons (Fsp3) is 0.718. The molecule has 0 spiro atoms. The minimum absolute atomic E-state index is 0.0217. The van der Waals surface area contributed by atoms with Crippen molar-refractivity contribution in [2.75, 3.05) is 0 Å². The first kappa shape index (κ1) is 44.6. The molecule has 0 aliphatic carbocycles. The fourth-order valence-corrected chi connectivity index (χ4v) is 5.74. The Labute approximate surface area is 301 Å². The lowest BCUT2D eigenvalue weighted by Gasteiger charge is -2.31. The number of benzene rings is 1. The van der Waals surface area contributed by atoms with Crippen LogP contribution in [0.25, 0.3) is 0 Å². The molecule has 0 aliphatic rings. The summed E-state index contributed by atoms with van der Waals surface area (Å²) in [4.78, 5) is 66.9. The quantitative estimate of drug-likeness (QED) is 0.111. The molecular formula is C39H68N6O5. The Hall–Kier alpha value is -3.47. The smallest absolute Gasteiger partial charge is 0.243 e. The Morgan fingerprint density at radius 2 is 1.28 bits per heavy atom. The molecule has 7 N–H and O–H groups in total. The highest BCUT2D eigenvalue weighted by molar-refractivity contribution is 5.92. The third kappa shape index (κ3) is 16.5. The van der Waals surface area contributed by atoms with Crippen LogP contribution in [0.4, 0.5) is 0 Å². The summed E-state index contributed by atoms with van der Waals surface area (Å²) in [6, 6.07) is 5.65. The molecule has 0 heterocycles. The predicted octanol–water partition coefficient (Wildman–Crippen LogP) is 4.37. The van der Waals surface area contributed by atoms with Crippen LogP contribution in [0.1, 0.15) is 120 Å². The molecule has 6 atom stereocenters. The second-order valence-electron chi connectivity index (χ2n) is 15.8. The number of amides is 5. The van der Waals surface area contributed by atoms with Gasteiger partial charge in [0.2, 0.25) is 29.5 Å². The van der Waals surface area contributed by atoms with Gasteiger partial charge in [-0.05, 0) is 54.4 Å². The van der Waals surface area contributed by atoms with Gasteiger partial charge in [-0.1, -0.05) is 113 Å². The maximum Gasteiger partial charge on any atom is 0.243 e. The van der Waals surface area contributed by atoms with Crippen LogP contribution >= 0.6 is 0 Å². The zero-order valence-electron chi connectivity index (χ0n) is 32.7. The van der Waals surface area contributed by atoms with Crippen LogP contribution in [0.15, 0.2) is 30.3 Å². The van der Waals surface area contributed by atoms with Crippen molar-refractivity contribution in [3.63, 3.8) is 0 Å². The van der Waals surface area contributed by atoms with Crippen LogP contribution < -0.4 is 32.3 Å². The molecule has 1 rings (SSSR count). The minimum atomic E-state index is -0.917. The Balaban J connectivity index is 3.22. The standard InChI is InChI=1S/C39H68N6O5/c1-12-26(8)35(38(50)41-28(13-2)14-3)44-32(46)22-29(40)30(21-27-18-16-15-17-19-27)43-37(49)34(25(6)7)45-36(48)31(20-24(4)5)42-33(47)23-39(9,10)11/h15-19,24-26,28-31,34-35H,12-14,20-23,40H2,1-11H3,(H,41,50)(H,42,47)(H,43,49)(H,44,46)(H,45,48)/t26-,29-,30-,31-,34-,35-/m0/s1. The summed E-state index contributed by atoms with van der Waals surface area (Å²) in [6.07, 6.45) is 3.17. The van der Waals surface area contributed by atoms with E-state index in [1.165, 1.54) is 0 Å². The summed E-state index contributed by atoms with van der Waals surface area (Å²) in [5, 5.41) is 14.8. The maximum absolute atomic E-state index is 13.9. The lowest BCUT2D eigenvalue weighted by Crippen LogP contribution is -2.59. The van der Waals surface area contributed by atoms with Gasteiger partial charge in [0, 0.05) is 31.0 Å². The molecule has 0 aliphatic heterocycles. The summed E-state index contributed by atoms with van der Waals surface area (Å²) in [6.45, 7) is 21.4. The van der Waals surface area contributed by atoms with E-state index in [1.54, 1.807) is 0 Å². The maximum atomic E-state index is 13.9. The first-order valence-corrected chi connectivity index (χ1v) is 18.6. The molecule has 11 heteroatoms. The van der Waals surface area contributed by atoms with Crippen LogP contribution in [0.5, 0.6) is 0 Å². The van der Waals surface area contributed by atoms with Gasteiger partial charge in [0.05, 0.1) is 0 Å². The topological polar surface area (TPSA) is 172 Å². The number of nitrogens with two attached hydrogens (primary N) is 1. The van der Waals surface area contributed by atoms with E-state index in [4.69, 9.17) is 5.73 Å². The van der Waals surface area contributed by atoms with Crippen LogP contribution in [0, 0.1) is 23.2 Å². The molecule has 50 heavy (non-hydrogen) atoms. The third-order valence-electron chi connectivity index (χ3n) is 9.00. The van der Waals surface area contributed by atoms with Crippen molar-refractivity contribution in [2.45, 2.75) is 157 Å². The Kier molecular flexibility index (Phi) is 19.3. The van der Waals surface area contributed by atoms with Gasteiger partial charge in [-0.15, -0.1) is 0 Å². The van der Waals surface area contributed by atoms with Gasteiger partial charge in [0.15, 0.2) is 0 Å². The number of nitrogens with one attached hydrogen (secondary N) is 5. The van der Waals surface area contributed by atoms with Gasteiger partial charge in [0.1, 0.15) is 18.1 Å². The van der Waals surface area contributed by atoms with Gasteiger partial charge in [-0.25, -0.2) is 0 Å².